The first-order valence-electron chi connectivity index (χ1n) is 8.88. The number of anilines is 1. The van der Waals surface area contributed by atoms with Gasteiger partial charge in [-0.15, -0.1) is 0 Å². The number of thioether (sulfide) groups is 1. The molecule has 0 spiro atoms. The number of benzene rings is 2. The first-order valence-corrected chi connectivity index (χ1v) is 10.5. The number of aromatic nitrogens is 4. The molecule has 152 valence electrons. The molecule has 0 fully saturated rings. The number of fused-ring (bicyclic) bond motifs is 1. The van der Waals surface area contributed by atoms with Gasteiger partial charge in [0.05, 0.1) is 27.8 Å². The molecule has 0 radical (unpaired) electrons. The number of hydrogen-bond acceptors (Lipinski definition) is 5. The molecule has 10 heteroatoms. The summed E-state index contributed by atoms with van der Waals surface area (Å²) in [5.74, 6) is -0.302. The molecule has 4 aromatic rings. The highest BCUT2D eigenvalue weighted by atomic mass is 35.5. The van der Waals surface area contributed by atoms with Crippen molar-refractivity contribution in [3.8, 4) is 5.69 Å². The van der Waals surface area contributed by atoms with Crippen LogP contribution in [0.3, 0.4) is 0 Å². The number of aromatic amines is 1. The van der Waals surface area contributed by atoms with Crippen molar-refractivity contribution >= 4 is 57.6 Å². The lowest BCUT2D eigenvalue weighted by molar-refractivity contribution is -0.115. The number of nitrogens with zero attached hydrogens (tertiary/aromatic N) is 3. The second-order valence-corrected chi connectivity index (χ2v) is 8.55. The predicted molar refractivity (Wildman–Crippen MR) is 120 cm³/mol. The summed E-state index contributed by atoms with van der Waals surface area (Å²) in [4.78, 5) is 32.3. The summed E-state index contributed by atoms with van der Waals surface area (Å²) in [5, 5.41) is 7.97. The van der Waals surface area contributed by atoms with Crippen molar-refractivity contribution < 1.29 is 4.79 Å². The van der Waals surface area contributed by atoms with E-state index in [-0.39, 0.29) is 11.5 Å². The highest BCUT2D eigenvalue weighted by Gasteiger charge is 2.19. The number of amides is 1. The Morgan fingerprint density at radius 3 is 2.73 bits per heavy atom. The number of hydrogen-bond donors (Lipinski definition) is 2. The molecule has 4 rings (SSSR count). The molecule has 2 N–H and O–H groups in total. The van der Waals surface area contributed by atoms with Crippen LogP contribution in [0, 0.1) is 0 Å². The van der Waals surface area contributed by atoms with E-state index >= 15 is 0 Å². The molecule has 2 aromatic heterocycles. The Hall–Kier alpha value is -2.81. The summed E-state index contributed by atoms with van der Waals surface area (Å²) in [6.45, 7) is 1.71. The van der Waals surface area contributed by atoms with Crippen molar-refractivity contribution in [1.29, 1.82) is 0 Å². The standard InChI is InChI=1S/C20H15Cl2N5O2S/c1-11(18(28)24-16-9-12(21)7-8-15(16)22)30-20-25-17-14(19(29)26-20)10-23-27(17)13-5-3-2-4-6-13/h2-11H,1H3,(H,24,28)(H,25,26,29). The van der Waals surface area contributed by atoms with Gasteiger partial charge in [0.2, 0.25) is 5.91 Å². The SMILES string of the molecule is CC(Sc1nc2c(cnn2-c2ccccc2)c(=O)[nH]1)C(=O)Nc1cc(Cl)ccc1Cl. The number of rotatable bonds is 5. The van der Waals surface area contributed by atoms with Crippen LogP contribution in [0.25, 0.3) is 16.7 Å². The summed E-state index contributed by atoms with van der Waals surface area (Å²) in [7, 11) is 0. The quantitative estimate of drug-likeness (QED) is 0.337. The van der Waals surface area contributed by atoms with Crippen LogP contribution in [0.4, 0.5) is 5.69 Å². The average molecular weight is 460 g/mol. The first-order chi connectivity index (χ1) is 14.4. The maximum absolute atomic E-state index is 12.6. The van der Waals surface area contributed by atoms with E-state index in [2.05, 4.69) is 20.4 Å². The second-order valence-electron chi connectivity index (χ2n) is 6.37. The molecular weight excluding hydrogens is 445 g/mol. The monoisotopic (exact) mass is 459 g/mol. The number of carbonyl (C=O) groups excluding carboxylic acids is 1. The van der Waals surface area contributed by atoms with Gasteiger partial charge in [-0.05, 0) is 37.3 Å². The lowest BCUT2D eigenvalue weighted by Crippen LogP contribution is -2.23. The van der Waals surface area contributed by atoms with E-state index in [0.717, 1.165) is 17.4 Å². The van der Waals surface area contributed by atoms with Crippen LogP contribution < -0.4 is 10.9 Å². The molecule has 1 atom stereocenters. The number of para-hydroxylation sites is 1. The molecule has 0 saturated carbocycles. The van der Waals surface area contributed by atoms with Crippen molar-refractivity contribution in [2.45, 2.75) is 17.3 Å². The maximum atomic E-state index is 12.6. The Kier molecular flexibility index (Phi) is 5.80. The maximum Gasteiger partial charge on any atom is 0.262 e. The number of carbonyl (C=O) groups is 1. The third-order valence-electron chi connectivity index (χ3n) is 4.26. The summed E-state index contributed by atoms with van der Waals surface area (Å²) in [6.07, 6.45) is 1.47. The zero-order valence-electron chi connectivity index (χ0n) is 15.6. The smallest absolute Gasteiger partial charge is 0.262 e. The molecule has 7 nitrogen and oxygen atoms in total. The van der Waals surface area contributed by atoms with E-state index in [1.165, 1.54) is 6.20 Å². The van der Waals surface area contributed by atoms with Crippen molar-refractivity contribution in [2.24, 2.45) is 0 Å². The fourth-order valence-electron chi connectivity index (χ4n) is 2.76. The topological polar surface area (TPSA) is 92.7 Å². The van der Waals surface area contributed by atoms with Gasteiger partial charge in [0.15, 0.2) is 10.8 Å². The van der Waals surface area contributed by atoms with Gasteiger partial charge >= 0.3 is 0 Å². The van der Waals surface area contributed by atoms with Crippen LogP contribution in [-0.4, -0.2) is 30.9 Å². The van der Waals surface area contributed by atoms with Gasteiger partial charge in [-0.2, -0.15) is 5.10 Å². The van der Waals surface area contributed by atoms with Crippen molar-refractivity contribution in [2.75, 3.05) is 5.32 Å². The van der Waals surface area contributed by atoms with E-state index in [1.54, 1.807) is 29.8 Å². The second kappa shape index (κ2) is 8.51. The average Bonchev–Trinajstić information content (AvgIpc) is 3.16. The van der Waals surface area contributed by atoms with Gasteiger partial charge in [0.25, 0.3) is 5.56 Å². The Morgan fingerprint density at radius 2 is 1.97 bits per heavy atom. The Labute approximate surface area is 185 Å². The van der Waals surface area contributed by atoms with Crippen molar-refractivity contribution in [3.05, 3.63) is 75.1 Å². The highest BCUT2D eigenvalue weighted by molar-refractivity contribution is 8.00. The summed E-state index contributed by atoms with van der Waals surface area (Å²) >= 11 is 13.2. The summed E-state index contributed by atoms with van der Waals surface area (Å²) in [5.41, 5.74) is 1.29. The van der Waals surface area contributed by atoms with Crippen molar-refractivity contribution in [3.63, 3.8) is 0 Å². The molecule has 1 amide bonds. The molecular formula is C20H15Cl2N5O2S. The summed E-state index contributed by atoms with van der Waals surface area (Å²) < 4.78 is 1.59. The minimum atomic E-state index is -0.561. The van der Waals surface area contributed by atoms with E-state index < -0.39 is 5.25 Å². The molecule has 1 unspecified atom stereocenters. The van der Waals surface area contributed by atoms with Gasteiger partial charge < -0.3 is 10.3 Å². The molecule has 2 aromatic carbocycles. The van der Waals surface area contributed by atoms with E-state index in [0.29, 0.717) is 31.9 Å². The number of nitrogens with one attached hydrogen (secondary N) is 2. The Bertz CT molecular complexity index is 1290. The van der Waals surface area contributed by atoms with E-state index in [4.69, 9.17) is 23.2 Å². The molecule has 2 heterocycles. The lowest BCUT2D eigenvalue weighted by atomic mass is 10.3. The number of H-pyrrole nitrogens is 1. The van der Waals surface area contributed by atoms with Crippen LogP contribution in [0.1, 0.15) is 6.92 Å². The molecule has 30 heavy (non-hydrogen) atoms. The van der Waals surface area contributed by atoms with Crippen LogP contribution in [0.2, 0.25) is 10.0 Å². The molecule has 0 saturated heterocycles. The molecule has 0 aliphatic rings. The zero-order valence-corrected chi connectivity index (χ0v) is 17.9. The predicted octanol–water partition coefficient (Wildman–Crippen LogP) is 4.53. The normalized spacial score (nSPS) is 12.1. The van der Waals surface area contributed by atoms with Crippen molar-refractivity contribution in [1.82, 2.24) is 19.7 Å². The first kappa shape index (κ1) is 20.5. The fraction of sp³-hybridized carbons (Fsp3) is 0.100. The molecule has 0 bridgehead atoms. The van der Waals surface area contributed by atoms with Gasteiger partial charge in [0, 0.05) is 5.02 Å². The third kappa shape index (κ3) is 4.21. The van der Waals surface area contributed by atoms with E-state index in [1.807, 2.05) is 30.3 Å². The van der Waals surface area contributed by atoms with Gasteiger partial charge in [0.1, 0.15) is 5.39 Å². The van der Waals surface area contributed by atoms with Crippen LogP contribution >= 0.6 is 35.0 Å². The minimum Gasteiger partial charge on any atom is -0.324 e. The Morgan fingerprint density at radius 1 is 1.20 bits per heavy atom. The van der Waals surface area contributed by atoms with Gasteiger partial charge in [-0.25, -0.2) is 9.67 Å². The fourth-order valence-corrected chi connectivity index (χ4v) is 3.89. The molecule has 0 aliphatic carbocycles. The summed E-state index contributed by atoms with van der Waals surface area (Å²) in [6, 6.07) is 14.2. The minimum absolute atomic E-state index is 0.302. The highest BCUT2D eigenvalue weighted by Crippen LogP contribution is 2.27. The van der Waals surface area contributed by atoms with E-state index in [9.17, 15) is 9.59 Å². The lowest BCUT2D eigenvalue weighted by Gasteiger charge is -2.13. The Balaban J connectivity index is 1.59. The number of halogens is 2. The van der Waals surface area contributed by atoms with Crippen LogP contribution in [0.15, 0.2) is 64.7 Å². The van der Waals surface area contributed by atoms with Gasteiger partial charge in [-0.1, -0.05) is 53.2 Å². The largest absolute Gasteiger partial charge is 0.324 e. The third-order valence-corrected chi connectivity index (χ3v) is 5.81. The van der Waals surface area contributed by atoms with Gasteiger partial charge in [-0.3, -0.25) is 9.59 Å². The molecule has 0 aliphatic heterocycles. The zero-order chi connectivity index (χ0) is 21.3. The van der Waals surface area contributed by atoms with Crippen LogP contribution in [0.5, 0.6) is 0 Å². The van der Waals surface area contributed by atoms with Crippen LogP contribution in [-0.2, 0) is 4.79 Å².